The fraction of sp³-hybridized carbons (Fsp3) is 0.393. The van der Waals surface area contributed by atoms with Crippen LogP contribution in [-0.4, -0.2) is 4.98 Å². The van der Waals surface area contributed by atoms with Crippen LogP contribution in [-0.2, 0) is 5.41 Å². The largest absolute Gasteiger partial charge is 0.261 e. The summed E-state index contributed by atoms with van der Waals surface area (Å²) in [4.78, 5) is 3.73. The van der Waals surface area contributed by atoms with Crippen LogP contribution < -0.4 is 0 Å². The lowest BCUT2D eigenvalue weighted by Crippen LogP contribution is -2.10. The van der Waals surface area contributed by atoms with Gasteiger partial charge >= 0.3 is 0 Å². The zero-order chi connectivity index (χ0) is 24.5. The molecule has 0 saturated heterocycles. The number of aromatic nitrogens is 1. The molecule has 0 bridgehead atoms. The molecule has 0 unspecified atom stereocenters. The molecule has 4 heteroatoms. The molecular formula is C28H36F3N. The van der Waals surface area contributed by atoms with Gasteiger partial charge in [-0.3, -0.25) is 4.98 Å². The lowest BCUT2D eigenvalue weighted by Gasteiger charge is -2.19. The van der Waals surface area contributed by atoms with Crippen molar-refractivity contribution >= 4 is 0 Å². The Morgan fingerprint density at radius 1 is 0.688 bits per heavy atom. The molecule has 0 aliphatic rings. The lowest BCUT2D eigenvalue weighted by atomic mass is 9.86. The fourth-order valence-electron chi connectivity index (χ4n) is 2.76. The van der Waals surface area contributed by atoms with Crippen LogP contribution in [0.5, 0.6) is 0 Å². The van der Waals surface area contributed by atoms with E-state index in [2.05, 4.69) is 56.9 Å². The van der Waals surface area contributed by atoms with E-state index in [-0.39, 0.29) is 17.2 Å². The second kappa shape index (κ2) is 12.4. The summed E-state index contributed by atoms with van der Waals surface area (Å²) in [5.74, 6) is -0.753. The van der Waals surface area contributed by atoms with E-state index in [4.69, 9.17) is 0 Å². The van der Waals surface area contributed by atoms with Crippen molar-refractivity contribution in [3.8, 4) is 0 Å². The van der Waals surface area contributed by atoms with Crippen LogP contribution in [0.3, 0.4) is 0 Å². The number of halogens is 3. The summed E-state index contributed by atoms with van der Waals surface area (Å²) in [5.41, 5.74) is 4.68. The van der Waals surface area contributed by atoms with E-state index >= 15 is 0 Å². The summed E-state index contributed by atoms with van der Waals surface area (Å²) in [6, 6.07) is 13.8. The molecule has 32 heavy (non-hydrogen) atoms. The normalized spacial score (nSPS) is 10.9. The molecule has 0 radical (unpaired) electrons. The van der Waals surface area contributed by atoms with Crippen LogP contribution in [0.4, 0.5) is 13.2 Å². The van der Waals surface area contributed by atoms with E-state index in [9.17, 15) is 13.2 Å². The highest BCUT2D eigenvalue weighted by Crippen LogP contribution is 2.22. The number of hydrogen-bond acceptors (Lipinski definition) is 1. The second-order valence-corrected chi connectivity index (χ2v) is 9.57. The average Bonchev–Trinajstić information content (AvgIpc) is 2.67. The zero-order valence-corrected chi connectivity index (χ0v) is 20.5. The number of benzene rings is 2. The number of nitrogens with zero attached hydrogens (tertiary/aromatic N) is 1. The molecule has 2 aromatic carbocycles. The molecule has 0 aliphatic heterocycles. The summed E-state index contributed by atoms with van der Waals surface area (Å²) in [7, 11) is 0. The van der Waals surface area contributed by atoms with Crippen LogP contribution in [0.15, 0.2) is 60.9 Å². The van der Waals surface area contributed by atoms with E-state index in [1.807, 2.05) is 27.7 Å². The van der Waals surface area contributed by atoms with E-state index < -0.39 is 11.6 Å². The highest BCUT2D eigenvalue weighted by atomic mass is 19.1. The Morgan fingerprint density at radius 2 is 1.22 bits per heavy atom. The average molecular weight is 444 g/mol. The molecule has 0 aliphatic carbocycles. The van der Waals surface area contributed by atoms with E-state index in [0.29, 0.717) is 11.5 Å². The third kappa shape index (κ3) is 10.1. The summed E-state index contributed by atoms with van der Waals surface area (Å²) in [6.07, 6.45) is 2.90. The first-order valence-electron chi connectivity index (χ1n) is 10.9. The SMILES string of the molecule is CC(C)c1cc(F)cc(F)c1.CC(C)c1cncc(F)c1.Cc1cccc(C(C)(C)C)c1. The van der Waals surface area contributed by atoms with Gasteiger partial charge in [-0.25, -0.2) is 13.2 Å². The predicted molar refractivity (Wildman–Crippen MR) is 129 cm³/mol. The molecule has 1 heterocycles. The van der Waals surface area contributed by atoms with Crippen molar-refractivity contribution in [2.24, 2.45) is 0 Å². The van der Waals surface area contributed by atoms with E-state index in [1.165, 1.54) is 35.5 Å². The molecule has 1 nitrogen and oxygen atoms in total. The Hall–Kier alpha value is -2.62. The maximum absolute atomic E-state index is 12.5. The van der Waals surface area contributed by atoms with Crippen molar-refractivity contribution < 1.29 is 13.2 Å². The highest BCUT2D eigenvalue weighted by Gasteiger charge is 2.12. The number of pyridine rings is 1. The standard InChI is InChI=1S/C11H16.C9H10F2.C8H10FN/c1-9-6-5-7-10(8-9)11(2,3)4;1-6(2)7-3-8(10)5-9(11)4-7;1-6(2)7-3-8(9)5-10-4-7/h5-8H,1-4H3;3-6H,1-2H3;3-6H,1-2H3. The monoisotopic (exact) mass is 443 g/mol. The van der Waals surface area contributed by atoms with Gasteiger partial charge in [-0.2, -0.15) is 0 Å². The molecule has 1 aromatic heterocycles. The number of hydrogen-bond donors (Lipinski definition) is 0. The predicted octanol–water partition coefficient (Wildman–Crippen LogP) is 8.72. The summed E-state index contributed by atoms with van der Waals surface area (Å²) < 4.78 is 37.6. The van der Waals surface area contributed by atoms with Gasteiger partial charge in [0.15, 0.2) is 0 Å². The minimum absolute atomic E-state index is 0.167. The van der Waals surface area contributed by atoms with Crippen LogP contribution in [0.2, 0.25) is 0 Å². The van der Waals surface area contributed by atoms with Gasteiger partial charge in [-0.05, 0) is 59.1 Å². The molecular weight excluding hydrogens is 407 g/mol. The summed E-state index contributed by atoms with van der Waals surface area (Å²) in [6.45, 7) is 16.7. The van der Waals surface area contributed by atoms with Crippen molar-refractivity contribution in [2.45, 2.75) is 72.6 Å². The van der Waals surface area contributed by atoms with Gasteiger partial charge in [0.25, 0.3) is 0 Å². The Morgan fingerprint density at radius 3 is 1.59 bits per heavy atom. The van der Waals surface area contributed by atoms with Crippen LogP contribution in [0.1, 0.15) is 82.6 Å². The van der Waals surface area contributed by atoms with Crippen molar-refractivity contribution in [1.29, 1.82) is 0 Å². The van der Waals surface area contributed by atoms with Crippen molar-refractivity contribution in [2.75, 3.05) is 0 Å². The third-order valence-electron chi connectivity index (χ3n) is 4.83. The quantitative estimate of drug-likeness (QED) is 0.386. The smallest absolute Gasteiger partial charge is 0.141 e. The van der Waals surface area contributed by atoms with Gasteiger partial charge < -0.3 is 0 Å². The fourth-order valence-corrected chi connectivity index (χ4v) is 2.76. The number of rotatable bonds is 2. The van der Waals surface area contributed by atoms with Crippen LogP contribution in [0, 0.1) is 24.4 Å². The third-order valence-corrected chi connectivity index (χ3v) is 4.83. The summed E-state index contributed by atoms with van der Waals surface area (Å²) in [5, 5.41) is 0. The first-order chi connectivity index (χ1) is 14.8. The molecule has 3 aromatic rings. The topological polar surface area (TPSA) is 12.9 Å². The van der Waals surface area contributed by atoms with Crippen molar-refractivity contribution in [1.82, 2.24) is 4.98 Å². The highest BCUT2D eigenvalue weighted by molar-refractivity contribution is 5.27. The van der Waals surface area contributed by atoms with Gasteiger partial charge in [0.05, 0.1) is 6.20 Å². The first-order valence-corrected chi connectivity index (χ1v) is 10.9. The van der Waals surface area contributed by atoms with Gasteiger partial charge in [0, 0.05) is 12.3 Å². The molecule has 0 fully saturated rings. The van der Waals surface area contributed by atoms with Gasteiger partial charge in [-0.1, -0.05) is 78.3 Å². The minimum Gasteiger partial charge on any atom is -0.261 e. The second-order valence-electron chi connectivity index (χ2n) is 9.57. The Bertz CT molecular complexity index is 952. The Balaban J connectivity index is 0.000000240. The van der Waals surface area contributed by atoms with Crippen molar-refractivity contribution in [3.63, 3.8) is 0 Å². The summed E-state index contributed by atoms with van der Waals surface area (Å²) >= 11 is 0. The van der Waals surface area contributed by atoms with Gasteiger partial charge in [0.2, 0.25) is 0 Å². The van der Waals surface area contributed by atoms with Gasteiger partial charge in [-0.15, -0.1) is 0 Å². The molecule has 0 N–H and O–H groups in total. The molecule has 0 atom stereocenters. The maximum atomic E-state index is 12.5. The molecule has 0 saturated carbocycles. The molecule has 0 amide bonds. The molecule has 0 spiro atoms. The lowest BCUT2D eigenvalue weighted by molar-refractivity contribution is 0.577. The van der Waals surface area contributed by atoms with Crippen molar-refractivity contribution in [3.05, 3.63) is 101 Å². The van der Waals surface area contributed by atoms with Crippen LogP contribution >= 0.6 is 0 Å². The Kier molecular flexibility index (Phi) is 10.6. The maximum Gasteiger partial charge on any atom is 0.141 e. The first kappa shape index (κ1) is 27.4. The van der Waals surface area contributed by atoms with Crippen LogP contribution in [0.25, 0.3) is 0 Å². The molecule has 174 valence electrons. The minimum atomic E-state index is -0.506. The van der Waals surface area contributed by atoms with Gasteiger partial charge in [0.1, 0.15) is 17.5 Å². The zero-order valence-electron chi connectivity index (χ0n) is 20.5. The van der Waals surface area contributed by atoms with E-state index in [1.54, 1.807) is 6.20 Å². The van der Waals surface area contributed by atoms with E-state index in [0.717, 1.165) is 11.6 Å². The molecule has 3 rings (SSSR count). The Labute approximate surface area is 191 Å². The number of aryl methyl sites for hydroxylation is 1.